The van der Waals surface area contributed by atoms with E-state index in [-0.39, 0.29) is 11.5 Å². The van der Waals surface area contributed by atoms with Crippen LogP contribution in [-0.4, -0.2) is 26.8 Å². The van der Waals surface area contributed by atoms with Crippen LogP contribution >= 0.6 is 0 Å². The lowest BCUT2D eigenvalue weighted by Crippen LogP contribution is -2.23. The summed E-state index contributed by atoms with van der Waals surface area (Å²) in [5.74, 6) is -2.26. The van der Waals surface area contributed by atoms with Gasteiger partial charge in [0.15, 0.2) is 0 Å². The van der Waals surface area contributed by atoms with Crippen LogP contribution in [0.5, 0.6) is 0 Å². The van der Waals surface area contributed by atoms with Gasteiger partial charge in [0.25, 0.3) is 5.78 Å². The molecule has 0 saturated heterocycles. The van der Waals surface area contributed by atoms with Crippen LogP contribution in [0.1, 0.15) is 25.0 Å². The van der Waals surface area contributed by atoms with Crippen LogP contribution in [0, 0.1) is 6.92 Å². The summed E-state index contributed by atoms with van der Waals surface area (Å²) in [6.45, 7) is 4.91. The van der Waals surface area contributed by atoms with Crippen molar-refractivity contribution in [2.45, 2.75) is 25.7 Å². The number of aryl methyl sites for hydroxylation is 1. The molecule has 6 heteroatoms. The molecule has 2 rings (SSSR count). The predicted molar refractivity (Wildman–Crippen MR) is 72.6 cm³/mol. The number of Topliss-reactive ketones (excluding diaryl/α,β-unsaturated/α-hetero) is 1. The number of ether oxygens (including phenoxy) is 1. The van der Waals surface area contributed by atoms with Gasteiger partial charge < -0.3 is 4.74 Å². The first-order chi connectivity index (χ1) is 9.30. The Balaban J connectivity index is 2.61. The second-order valence-corrected chi connectivity index (χ2v) is 6.36. The normalized spacial score (nSPS) is 15.9. The number of sulfone groups is 1. The zero-order valence-electron chi connectivity index (χ0n) is 11.4. The minimum atomic E-state index is -3.95. The second-order valence-electron chi connectivity index (χ2n) is 4.51. The molecule has 1 aromatic carbocycles. The molecular weight excluding hydrogens is 280 g/mol. The number of hydrogen-bond acceptors (Lipinski definition) is 5. The Hall–Kier alpha value is -1.95. The average molecular weight is 294 g/mol. The summed E-state index contributed by atoms with van der Waals surface area (Å²) in [6.07, 6.45) is 0. The number of carbonyl (C=O) groups excluding carboxylic acids is 2. The lowest BCUT2D eigenvalue weighted by atomic mass is 10.0. The fraction of sp³-hybridized carbons (Fsp3) is 0.286. The van der Waals surface area contributed by atoms with Gasteiger partial charge in [0, 0.05) is 0 Å². The molecule has 1 aliphatic rings. The summed E-state index contributed by atoms with van der Waals surface area (Å²) >= 11 is 0. The van der Waals surface area contributed by atoms with Crippen molar-refractivity contribution in [2.24, 2.45) is 0 Å². The van der Waals surface area contributed by atoms with E-state index in [0.717, 1.165) is 5.56 Å². The number of carbonyl (C=O) groups is 2. The van der Waals surface area contributed by atoms with E-state index in [1.165, 1.54) is 13.0 Å². The highest BCUT2D eigenvalue weighted by atomic mass is 32.2. The fourth-order valence-electron chi connectivity index (χ4n) is 2.19. The van der Waals surface area contributed by atoms with Crippen LogP contribution in [0.25, 0.3) is 5.57 Å². The van der Waals surface area contributed by atoms with E-state index in [1.54, 1.807) is 19.1 Å². The first kappa shape index (κ1) is 14.5. The van der Waals surface area contributed by atoms with Gasteiger partial charge in [0.1, 0.15) is 4.91 Å². The minimum Gasteiger partial charge on any atom is -0.460 e. The predicted octanol–water partition coefficient (Wildman–Crippen LogP) is 1.65. The molecule has 0 bridgehead atoms. The van der Waals surface area contributed by atoms with Crippen molar-refractivity contribution in [3.05, 3.63) is 34.2 Å². The lowest BCUT2D eigenvalue weighted by molar-refractivity contribution is -0.151. The van der Waals surface area contributed by atoms with Gasteiger partial charge in [-0.25, -0.2) is 13.2 Å². The molecule has 0 radical (unpaired) electrons. The summed E-state index contributed by atoms with van der Waals surface area (Å²) in [6, 6.07) is 4.80. The van der Waals surface area contributed by atoms with E-state index >= 15 is 0 Å². The molecule has 0 fully saturated rings. The third-order valence-corrected chi connectivity index (χ3v) is 5.07. The summed E-state index contributed by atoms with van der Waals surface area (Å²) in [5, 5.41) is 0. The largest absolute Gasteiger partial charge is 0.460 e. The molecule has 1 aromatic rings. The van der Waals surface area contributed by atoms with Gasteiger partial charge in [-0.2, -0.15) is 0 Å². The van der Waals surface area contributed by atoms with E-state index in [9.17, 15) is 18.0 Å². The number of benzene rings is 1. The van der Waals surface area contributed by atoms with Crippen LogP contribution < -0.4 is 0 Å². The molecule has 5 nitrogen and oxygen atoms in total. The van der Waals surface area contributed by atoms with Crippen molar-refractivity contribution in [3.8, 4) is 0 Å². The molecule has 20 heavy (non-hydrogen) atoms. The second kappa shape index (κ2) is 4.86. The molecule has 0 N–H and O–H groups in total. The Labute approximate surface area is 117 Å². The van der Waals surface area contributed by atoms with Gasteiger partial charge >= 0.3 is 5.97 Å². The number of ketones is 1. The number of allylic oxidation sites excluding steroid dienone is 1. The highest BCUT2D eigenvalue weighted by Gasteiger charge is 2.40. The molecule has 0 aromatic heterocycles. The molecule has 0 aliphatic carbocycles. The molecule has 1 aliphatic heterocycles. The van der Waals surface area contributed by atoms with E-state index in [0.29, 0.717) is 11.1 Å². The Morgan fingerprint density at radius 3 is 2.45 bits per heavy atom. The Bertz CT molecular complexity index is 741. The van der Waals surface area contributed by atoms with Crippen LogP contribution in [0.3, 0.4) is 0 Å². The number of hydrogen-bond donors (Lipinski definition) is 0. The average Bonchev–Trinajstić information content (AvgIpc) is 2.56. The number of rotatable bonds is 3. The monoisotopic (exact) mass is 294 g/mol. The van der Waals surface area contributed by atoms with Crippen LogP contribution in [0.4, 0.5) is 0 Å². The smallest absolute Gasteiger partial charge is 0.380 e. The van der Waals surface area contributed by atoms with Gasteiger partial charge in [-0.1, -0.05) is 17.7 Å². The third-order valence-electron chi connectivity index (χ3n) is 3.10. The van der Waals surface area contributed by atoms with Gasteiger partial charge in [-0.05, 0) is 38.0 Å². The van der Waals surface area contributed by atoms with Gasteiger partial charge in [-0.15, -0.1) is 0 Å². The lowest BCUT2D eigenvalue weighted by Gasteiger charge is -2.03. The maximum absolute atomic E-state index is 12.4. The topological polar surface area (TPSA) is 77.5 Å². The highest BCUT2D eigenvalue weighted by Crippen LogP contribution is 2.39. The summed E-state index contributed by atoms with van der Waals surface area (Å²) in [4.78, 5) is 23.1. The van der Waals surface area contributed by atoms with Crippen molar-refractivity contribution in [1.82, 2.24) is 0 Å². The highest BCUT2D eigenvalue weighted by molar-refractivity contribution is 7.97. The molecule has 1 heterocycles. The third kappa shape index (κ3) is 2.06. The van der Waals surface area contributed by atoms with Crippen molar-refractivity contribution < 1.29 is 22.7 Å². The molecule has 0 amide bonds. The van der Waals surface area contributed by atoms with Crippen molar-refractivity contribution in [1.29, 1.82) is 0 Å². The van der Waals surface area contributed by atoms with E-state index in [4.69, 9.17) is 0 Å². The zero-order chi connectivity index (χ0) is 15.1. The quantitative estimate of drug-likeness (QED) is 0.625. The minimum absolute atomic E-state index is 0.0169. The number of fused-ring (bicyclic) bond motifs is 1. The summed E-state index contributed by atoms with van der Waals surface area (Å²) in [5.41, 5.74) is 1.64. The first-order valence-electron chi connectivity index (χ1n) is 6.09. The standard InChI is InChI=1S/C14H14O5S/c1-4-19-14(16)12(15)13-9(3)10-7-8(2)5-6-11(10)20(13,17)18/h5-7H,4H2,1-3H3. The van der Waals surface area contributed by atoms with Crippen molar-refractivity contribution >= 4 is 27.2 Å². The Kier molecular flexibility index (Phi) is 3.52. The van der Waals surface area contributed by atoms with Gasteiger partial charge in [0.2, 0.25) is 9.84 Å². The molecule has 0 spiro atoms. The molecule has 0 unspecified atom stereocenters. The van der Waals surface area contributed by atoms with Gasteiger partial charge in [-0.3, -0.25) is 4.79 Å². The van der Waals surface area contributed by atoms with E-state index in [1.807, 2.05) is 6.92 Å². The molecule has 0 atom stereocenters. The first-order valence-corrected chi connectivity index (χ1v) is 7.57. The van der Waals surface area contributed by atoms with Crippen molar-refractivity contribution in [2.75, 3.05) is 6.61 Å². The maximum atomic E-state index is 12.4. The molecular formula is C14H14O5S. The Morgan fingerprint density at radius 1 is 1.20 bits per heavy atom. The van der Waals surface area contributed by atoms with Gasteiger partial charge in [0.05, 0.1) is 11.5 Å². The SMILES string of the molecule is CCOC(=O)C(=O)C1=C(C)c2cc(C)ccc2S1(=O)=O. The Morgan fingerprint density at radius 2 is 1.85 bits per heavy atom. The van der Waals surface area contributed by atoms with Crippen molar-refractivity contribution in [3.63, 3.8) is 0 Å². The van der Waals surface area contributed by atoms with E-state index in [2.05, 4.69) is 4.74 Å². The van der Waals surface area contributed by atoms with E-state index < -0.39 is 26.5 Å². The fourth-order valence-corrected chi connectivity index (χ4v) is 4.00. The summed E-state index contributed by atoms with van der Waals surface area (Å²) < 4.78 is 29.3. The number of esters is 1. The van der Waals surface area contributed by atoms with Crippen LogP contribution in [-0.2, 0) is 24.2 Å². The summed E-state index contributed by atoms with van der Waals surface area (Å²) in [7, 11) is -3.95. The van der Waals surface area contributed by atoms with Crippen LogP contribution in [0.15, 0.2) is 28.0 Å². The molecule has 106 valence electrons. The maximum Gasteiger partial charge on any atom is 0.380 e. The zero-order valence-corrected chi connectivity index (χ0v) is 12.2. The van der Waals surface area contributed by atoms with Crippen LogP contribution in [0.2, 0.25) is 0 Å². The molecule has 0 saturated carbocycles.